The molecule has 0 aromatic heterocycles. The van der Waals surface area contributed by atoms with E-state index in [9.17, 15) is 4.79 Å². The number of carbonyl (C=O) groups is 1. The molecule has 0 bridgehead atoms. The molecule has 1 aliphatic heterocycles. The second-order valence-electron chi connectivity index (χ2n) is 4.12. The first-order valence-electron chi connectivity index (χ1n) is 5.63. The van der Waals surface area contributed by atoms with Crippen LogP contribution in [0, 0.1) is 0 Å². The second-order valence-corrected chi connectivity index (χ2v) is 4.12. The van der Waals surface area contributed by atoms with E-state index in [4.69, 9.17) is 15.6 Å². The third-order valence-electron chi connectivity index (χ3n) is 2.85. The minimum Gasteiger partial charge on any atom is -0.486 e. The van der Waals surface area contributed by atoms with Crippen LogP contribution in [0.1, 0.15) is 13.3 Å². The molecule has 1 heterocycles. The van der Waals surface area contributed by atoms with Gasteiger partial charge in [0.05, 0.1) is 12.2 Å². The molecule has 0 saturated heterocycles. The Kier molecular flexibility index (Phi) is 3.08. The van der Waals surface area contributed by atoms with Crippen molar-refractivity contribution in [3.8, 4) is 5.75 Å². The highest BCUT2D eigenvalue weighted by Gasteiger charge is 2.27. The van der Waals surface area contributed by atoms with E-state index in [0.717, 1.165) is 6.42 Å². The molecule has 0 amide bonds. The van der Waals surface area contributed by atoms with Crippen molar-refractivity contribution in [3.05, 3.63) is 18.2 Å². The van der Waals surface area contributed by atoms with Gasteiger partial charge in [-0.2, -0.15) is 0 Å². The average Bonchev–Trinajstić information content (AvgIpc) is 2.27. The summed E-state index contributed by atoms with van der Waals surface area (Å²) in [7, 11) is 0. The molecular weight excluding hydrogens is 220 g/mol. The van der Waals surface area contributed by atoms with Crippen molar-refractivity contribution < 1.29 is 14.6 Å². The van der Waals surface area contributed by atoms with Gasteiger partial charge in [0.1, 0.15) is 24.1 Å². The lowest BCUT2D eigenvalue weighted by molar-refractivity contribution is -0.135. The predicted octanol–water partition coefficient (Wildman–Crippen LogP) is 1.33. The van der Waals surface area contributed by atoms with Crippen LogP contribution in [-0.2, 0) is 4.79 Å². The van der Waals surface area contributed by atoms with Crippen LogP contribution in [0.2, 0.25) is 0 Å². The summed E-state index contributed by atoms with van der Waals surface area (Å²) in [6.07, 6.45) is 0.855. The van der Waals surface area contributed by atoms with Crippen LogP contribution >= 0.6 is 0 Å². The number of benzene rings is 1. The van der Waals surface area contributed by atoms with E-state index >= 15 is 0 Å². The molecule has 17 heavy (non-hydrogen) atoms. The number of hydrogen-bond donors (Lipinski definition) is 2. The first kappa shape index (κ1) is 11.6. The van der Waals surface area contributed by atoms with E-state index < -0.39 is 5.97 Å². The number of nitrogen functional groups attached to an aromatic ring is 1. The molecule has 2 rings (SSSR count). The molecule has 0 fully saturated rings. The van der Waals surface area contributed by atoms with Gasteiger partial charge in [0.2, 0.25) is 0 Å². The number of nitrogens with two attached hydrogens (primary N) is 1. The van der Waals surface area contributed by atoms with E-state index in [1.165, 1.54) is 0 Å². The van der Waals surface area contributed by atoms with Crippen molar-refractivity contribution in [1.29, 1.82) is 0 Å². The van der Waals surface area contributed by atoms with Gasteiger partial charge in [-0.3, -0.25) is 4.79 Å². The lowest BCUT2D eigenvalue weighted by atomic mass is 10.1. The Morgan fingerprint density at radius 1 is 1.65 bits per heavy atom. The Labute approximate surface area is 99.8 Å². The molecular formula is C12H16N2O3. The fourth-order valence-electron chi connectivity index (χ4n) is 2.05. The molecule has 5 nitrogen and oxygen atoms in total. The lowest BCUT2D eigenvalue weighted by Gasteiger charge is -2.35. The number of hydrogen-bond acceptors (Lipinski definition) is 4. The van der Waals surface area contributed by atoms with E-state index in [0.29, 0.717) is 23.7 Å². The third kappa shape index (κ3) is 2.27. The summed E-state index contributed by atoms with van der Waals surface area (Å²) in [5.74, 6) is -0.194. The summed E-state index contributed by atoms with van der Waals surface area (Å²) in [4.78, 5) is 12.6. The van der Waals surface area contributed by atoms with Gasteiger partial charge in [-0.25, -0.2) is 0 Å². The van der Waals surface area contributed by atoms with E-state index in [2.05, 4.69) is 0 Å². The standard InChI is InChI=1S/C12H16N2O3/c1-2-8-6-14(7-11(15)16)12-9(13)4-3-5-10(12)17-8/h3-5,8H,2,6-7,13H2,1H3,(H,15,16). The van der Waals surface area contributed by atoms with Crippen LogP contribution < -0.4 is 15.4 Å². The number of para-hydroxylation sites is 1. The molecule has 3 N–H and O–H groups in total. The van der Waals surface area contributed by atoms with Gasteiger partial charge in [0.25, 0.3) is 0 Å². The first-order chi connectivity index (χ1) is 8.11. The topological polar surface area (TPSA) is 75.8 Å². The maximum atomic E-state index is 10.9. The molecule has 92 valence electrons. The van der Waals surface area contributed by atoms with Crippen molar-refractivity contribution >= 4 is 17.3 Å². The highest BCUT2D eigenvalue weighted by Crippen LogP contribution is 2.38. The molecule has 0 spiro atoms. The minimum absolute atomic E-state index is 0.0173. The molecule has 1 aromatic rings. The normalized spacial score (nSPS) is 18.4. The molecule has 1 unspecified atom stereocenters. The second kappa shape index (κ2) is 4.53. The molecule has 1 aliphatic rings. The van der Waals surface area contributed by atoms with Crippen LogP contribution in [0.3, 0.4) is 0 Å². The summed E-state index contributed by atoms with van der Waals surface area (Å²) in [6, 6.07) is 5.39. The third-order valence-corrected chi connectivity index (χ3v) is 2.85. The largest absolute Gasteiger partial charge is 0.486 e. The number of nitrogens with zero attached hydrogens (tertiary/aromatic N) is 1. The minimum atomic E-state index is -0.865. The fraction of sp³-hybridized carbons (Fsp3) is 0.417. The fourth-order valence-corrected chi connectivity index (χ4v) is 2.05. The van der Waals surface area contributed by atoms with Crippen molar-refractivity contribution in [2.45, 2.75) is 19.4 Å². The molecule has 1 aromatic carbocycles. The molecule has 0 saturated carbocycles. The molecule has 1 atom stereocenters. The van der Waals surface area contributed by atoms with Gasteiger partial charge in [-0.05, 0) is 18.6 Å². The molecule has 0 radical (unpaired) electrons. The predicted molar refractivity (Wildman–Crippen MR) is 65.4 cm³/mol. The zero-order chi connectivity index (χ0) is 12.4. The SMILES string of the molecule is CCC1CN(CC(=O)O)c2c(N)cccc2O1. The van der Waals surface area contributed by atoms with Gasteiger partial charge in [0, 0.05) is 0 Å². The summed E-state index contributed by atoms with van der Waals surface area (Å²) in [6.45, 7) is 2.52. The van der Waals surface area contributed by atoms with Gasteiger partial charge >= 0.3 is 5.97 Å². The Hall–Kier alpha value is -1.91. The van der Waals surface area contributed by atoms with Gasteiger partial charge in [-0.15, -0.1) is 0 Å². The summed E-state index contributed by atoms with van der Waals surface area (Å²) >= 11 is 0. The zero-order valence-electron chi connectivity index (χ0n) is 9.72. The highest BCUT2D eigenvalue weighted by atomic mass is 16.5. The van der Waals surface area contributed by atoms with Crippen LogP contribution in [0.25, 0.3) is 0 Å². The van der Waals surface area contributed by atoms with Crippen LogP contribution in [0.5, 0.6) is 5.75 Å². The van der Waals surface area contributed by atoms with Gasteiger partial charge < -0.3 is 20.5 Å². The number of aliphatic carboxylic acids is 1. The maximum Gasteiger partial charge on any atom is 0.323 e. The number of anilines is 2. The Balaban J connectivity index is 2.37. The first-order valence-corrected chi connectivity index (χ1v) is 5.63. The zero-order valence-corrected chi connectivity index (χ0v) is 9.72. The van der Waals surface area contributed by atoms with Gasteiger partial charge in [0.15, 0.2) is 0 Å². The quantitative estimate of drug-likeness (QED) is 0.774. The van der Waals surface area contributed by atoms with E-state index in [-0.39, 0.29) is 12.6 Å². The smallest absolute Gasteiger partial charge is 0.323 e. The highest BCUT2D eigenvalue weighted by molar-refractivity contribution is 5.81. The van der Waals surface area contributed by atoms with Crippen molar-refractivity contribution in [1.82, 2.24) is 0 Å². The van der Waals surface area contributed by atoms with Crippen LogP contribution in [0.4, 0.5) is 11.4 Å². The number of fused-ring (bicyclic) bond motifs is 1. The number of carboxylic acid groups (broad SMARTS) is 1. The Morgan fingerprint density at radius 3 is 3.06 bits per heavy atom. The van der Waals surface area contributed by atoms with E-state index in [1.54, 1.807) is 11.0 Å². The number of ether oxygens (including phenoxy) is 1. The molecule has 5 heteroatoms. The average molecular weight is 236 g/mol. The summed E-state index contributed by atoms with van der Waals surface area (Å²) in [5, 5.41) is 8.92. The number of carboxylic acids is 1. The Bertz CT molecular complexity index is 434. The summed E-state index contributed by atoms with van der Waals surface area (Å²) < 4.78 is 5.76. The summed E-state index contributed by atoms with van der Waals surface area (Å²) in [5.41, 5.74) is 7.13. The monoisotopic (exact) mass is 236 g/mol. The molecule has 0 aliphatic carbocycles. The maximum absolute atomic E-state index is 10.9. The van der Waals surface area contributed by atoms with Crippen LogP contribution in [-0.4, -0.2) is 30.3 Å². The van der Waals surface area contributed by atoms with E-state index in [1.807, 2.05) is 19.1 Å². The number of rotatable bonds is 3. The van der Waals surface area contributed by atoms with Crippen LogP contribution in [0.15, 0.2) is 18.2 Å². The van der Waals surface area contributed by atoms with Crippen molar-refractivity contribution in [2.75, 3.05) is 23.7 Å². The Morgan fingerprint density at radius 2 is 2.41 bits per heavy atom. The van der Waals surface area contributed by atoms with Crippen molar-refractivity contribution in [3.63, 3.8) is 0 Å². The van der Waals surface area contributed by atoms with Crippen molar-refractivity contribution in [2.24, 2.45) is 0 Å². The lowest BCUT2D eigenvalue weighted by Crippen LogP contribution is -2.42. The van der Waals surface area contributed by atoms with Gasteiger partial charge in [-0.1, -0.05) is 13.0 Å².